The zero-order valence-electron chi connectivity index (χ0n) is 15.7. The van der Waals surface area contributed by atoms with Crippen LogP contribution in [0.1, 0.15) is 44.6 Å². The highest BCUT2D eigenvalue weighted by Gasteiger charge is 2.19. The van der Waals surface area contributed by atoms with Crippen molar-refractivity contribution >= 4 is 17.7 Å². The van der Waals surface area contributed by atoms with E-state index in [0.717, 1.165) is 37.0 Å². The molecular weight excluding hydrogens is 340 g/mol. The molecule has 1 saturated carbocycles. The van der Waals surface area contributed by atoms with Gasteiger partial charge in [-0.2, -0.15) is 0 Å². The average Bonchev–Trinajstić information content (AvgIpc) is 2.69. The molecule has 1 fully saturated rings. The van der Waals surface area contributed by atoms with Crippen LogP contribution in [-0.4, -0.2) is 23.1 Å². The number of nitrogens with one attached hydrogen (secondary N) is 1. The first-order valence-corrected chi connectivity index (χ1v) is 9.61. The van der Waals surface area contributed by atoms with Gasteiger partial charge in [-0.05, 0) is 49.6 Å². The predicted molar refractivity (Wildman–Crippen MR) is 107 cm³/mol. The van der Waals surface area contributed by atoms with Gasteiger partial charge in [0.05, 0.1) is 6.61 Å². The van der Waals surface area contributed by atoms with Gasteiger partial charge in [-0.25, -0.2) is 0 Å². The van der Waals surface area contributed by atoms with Crippen LogP contribution in [0, 0.1) is 0 Å². The Bertz CT molecular complexity index is 846. The molecule has 0 aliphatic heterocycles. The molecule has 5 heteroatoms. The minimum atomic E-state index is -0.228. The first-order valence-electron chi connectivity index (χ1n) is 9.61. The molecular formula is C22H26N2O3. The van der Waals surface area contributed by atoms with Gasteiger partial charge in [0.2, 0.25) is 0 Å². The van der Waals surface area contributed by atoms with Crippen LogP contribution < -0.4 is 15.6 Å². The summed E-state index contributed by atoms with van der Waals surface area (Å²) in [6.07, 6.45) is 8.84. The van der Waals surface area contributed by atoms with Gasteiger partial charge in [0, 0.05) is 18.3 Å². The van der Waals surface area contributed by atoms with Crippen LogP contribution >= 0.6 is 0 Å². The Hall–Kier alpha value is -2.82. The van der Waals surface area contributed by atoms with Crippen molar-refractivity contribution in [2.75, 3.05) is 6.61 Å². The SMILES string of the molecule is CCOc1ccc(/C=C(\C(=O)NC2CCCCC2)n2ccccc2=O)cc1. The Labute approximate surface area is 159 Å². The molecule has 3 rings (SSSR count). The molecule has 2 aromatic rings. The van der Waals surface area contributed by atoms with E-state index in [4.69, 9.17) is 4.74 Å². The molecule has 0 spiro atoms. The van der Waals surface area contributed by atoms with Gasteiger partial charge in [0.15, 0.2) is 0 Å². The summed E-state index contributed by atoms with van der Waals surface area (Å²) in [4.78, 5) is 25.3. The molecule has 1 aliphatic carbocycles. The lowest BCUT2D eigenvalue weighted by Crippen LogP contribution is -2.38. The molecule has 1 heterocycles. The average molecular weight is 366 g/mol. The highest BCUT2D eigenvalue weighted by molar-refractivity contribution is 6.18. The zero-order valence-corrected chi connectivity index (χ0v) is 15.7. The van der Waals surface area contributed by atoms with Crippen molar-refractivity contribution in [3.8, 4) is 5.75 Å². The third-order valence-corrected chi connectivity index (χ3v) is 4.75. The van der Waals surface area contributed by atoms with Crippen molar-refractivity contribution in [2.24, 2.45) is 0 Å². The lowest BCUT2D eigenvalue weighted by atomic mass is 9.95. The van der Waals surface area contributed by atoms with E-state index in [1.165, 1.54) is 17.1 Å². The lowest BCUT2D eigenvalue weighted by Gasteiger charge is -2.23. The molecule has 0 bridgehead atoms. The van der Waals surface area contributed by atoms with Crippen LogP contribution in [0.2, 0.25) is 0 Å². The molecule has 0 radical (unpaired) electrons. The molecule has 1 amide bonds. The van der Waals surface area contributed by atoms with Gasteiger partial charge in [-0.1, -0.05) is 37.5 Å². The summed E-state index contributed by atoms with van der Waals surface area (Å²) in [7, 11) is 0. The number of carbonyl (C=O) groups excluding carboxylic acids is 1. The number of hydrogen-bond donors (Lipinski definition) is 1. The predicted octanol–water partition coefficient (Wildman–Crippen LogP) is 3.69. The summed E-state index contributed by atoms with van der Waals surface area (Å²) in [5.41, 5.74) is 0.937. The van der Waals surface area contributed by atoms with Crippen LogP contribution in [0.5, 0.6) is 5.75 Å². The molecule has 1 aliphatic rings. The van der Waals surface area contributed by atoms with Crippen LogP contribution in [0.15, 0.2) is 53.5 Å². The van der Waals surface area contributed by atoms with Crippen molar-refractivity contribution in [1.82, 2.24) is 9.88 Å². The number of amides is 1. The Morgan fingerprint density at radius 1 is 1.15 bits per heavy atom. The van der Waals surface area contributed by atoms with Crippen molar-refractivity contribution in [1.29, 1.82) is 0 Å². The number of hydrogen-bond acceptors (Lipinski definition) is 3. The molecule has 1 N–H and O–H groups in total. The molecule has 1 aromatic carbocycles. The largest absolute Gasteiger partial charge is 0.494 e. The highest BCUT2D eigenvalue weighted by Crippen LogP contribution is 2.19. The third-order valence-electron chi connectivity index (χ3n) is 4.75. The van der Waals surface area contributed by atoms with Crippen molar-refractivity contribution in [2.45, 2.75) is 45.1 Å². The molecule has 0 atom stereocenters. The van der Waals surface area contributed by atoms with Crippen molar-refractivity contribution in [3.63, 3.8) is 0 Å². The van der Waals surface area contributed by atoms with E-state index in [1.807, 2.05) is 31.2 Å². The summed E-state index contributed by atoms with van der Waals surface area (Å²) < 4.78 is 6.86. The van der Waals surface area contributed by atoms with Gasteiger partial charge in [-0.3, -0.25) is 14.2 Å². The fourth-order valence-electron chi connectivity index (χ4n) is 3.36. The topological polar surface area (TPSA) is 60.3 Å². The molecule has 1 aromatic heterocycles. The quantitative estimate of drug-likeness (QED) is 0.793. The summed E-state index contributed by atoms with van der Waals surface area (Å²) >= 11 is 0. The molecule has 142 valence electrons. The molecule has 27 heavy (non-hydrogen) atoms. The first kappa shape index (κ1) is 19.0. The second-order valence-corrected chi connectivity index (χ2v) is 6.75. The Kier molecular flexibility index (Phi) is 6.47. The van der Waals surface area contributed by atoms with E-state index in [9.17, 15) is 9.59 Å². The Balaban J connectivity index is 1.90. The monoisotopic (exact) mass is 366 g/mol. The summed E-state index contributed by atoms with van der Waals surface area (Å²) in [5, 5.41) is 3.10. The minimum absolute atomic E-state index is 0.175. The summed E-state index contributed by atoms with van der Waals surface area (Å²) in [6, 6.07) is 12.5. The molecule has 5 nitrogen and oxygen atoms in total. The van der Waals surface area contributed by atoms with Gasteiger partial charge in [0.25, 0.3) is 11.5 Å². The van der Waals surface area contributed by atoms with Gasteiger partial charge >= 0.3 is 0 Å². The van der Waals surface area contributed by atoms with E-state index in [-0.39, 0.29) is 17.5 Å². The van der Waals surface area contributed by atoms with Gasteiger partial charge in [0.1, 0.15) is 11.4 Å². The lowest BCUT2D eigenvalue weighted by molar-refractivity contribution is -0.116. The number of rotatable bonds is 6. The van der Waals surface area contributed by atoms with Crippen LogP contribution in [-0.2, 0) is 4.79 Å². The third kappa shape index (κ3) is 5.09. The maximum atomic E-state index is 13.0. The smallest absolute Gasteiger partial charge is 0.268 e. The standard InChI is InChI=1S/C22H26N2O3/c1-2-27-19-13-11-17(12-14-19)16-20(24-15-7-6-10-21(24)25)22(26)23-18-8-4-3-5-9-18/h6-7,10-16,18H,2-5,8-9H2,1H3,(H,23,26)/b20-16+. The van der Waals surface area contributed by atoms with Crippen LogP contribution in [0.25, 0.3) is 11.8 Å². The van der Waals surface area contributed by atoms with Crippen LogP contribution in [0.3, 0.4) is 0 Å². The van der Waals surface area contributed by atoms with E-state index in [1.54, 1.807) is 24.4 Å². The number of pyridine rings is 1. The summed E-state index contributed by atoms with van der Waals surface area (Å²) in [5.74, 6) is 0.559. The first-order chi connectivity index (χ1) is 13.2. The highest BCUT2D eigenvalue weighted by atomic mass is 16.5. The van der Waals surface area contributed by atoms with E-state index < -0.39 is 0 Å². The molecule has 0 unspecified atom stereocenters. The molecule has 0 saturated heterocycles. The zero-order chi connectivity index (χ0) is 19.1. The second-order valence-electron chi connectivity index (χ2n) is 6.75. The second kappa shape index (κ2) is 9.21. The van der Waals surface area contributed by atoms with E-state index in [0.29, 0.717) is 12.3 Å². The number of aromatic nitrogens is 1. The van der Waals surface area contributed by atoms with Gasteiger partial charge < -0.3 is 10.1 Å². The number of nitrogens with zero attached hydrogens (tertiary/aromatic N) is 1. The van der Waals surface area contributed by atoms with Crippen molar-refractivity contribution < 1.29 is 9.53 Å². The van der Waals surface area contributed by atoms with E-state index >= 15 is 0 Å². The number of carbonyl (C=O) groups is 1. The van der Waals surface area contributed by atoms with Crippen LogP contribution in [0.4, 0.5) is 0 Å². The summed E-state index contributed by atoms with van der Waals surface area (Å²) in [6.45, 7) is 2.53. The minimum Gasteiger partial charge on any atom is -0.494 e. The van der Waals surface area contributed by atoms with Crippen molar-refractivity contribution in [3.05, 3.63) is 64.6 Å². The normalized spacial score (nSPS) is 15.4. The maximum absolute atomic E-state index is 13.0. The van der Waals surface area contributed by atoms with Gasteiger partial charge in [-0.15, -0.1) is 0 Å². The van der Waals surface area contributed by atoms with E-state index in [2.05, 4.69) is 5.32 Å². The Morgan fingerprint density at radius 3 is 2.56 bits per heavy atom. The fraction of sp³-hybridized carbons (Fsp3) is 0.364. The number of ether oxygens (including phenoxy) is 1. The maximum Gasteiger partial charge on any atom is 0.268 e. The Morgan fingerprint density at radius 2 is 1.89 bits per heavy atom. The fourth-order valence-corrected chi connectivity index (χ4v) is 3.36. The number of benzene rings is 1.